The number of carbonyl (C=O) groups is 2. The Balaban J connectivity index is 2.67. The molecule has 116 valence electrons. The zero-order valence-corrected chi connectivity index (χ0v) is 14.0. The number of hydrogen-bond donors (Lipinski definition) is 1. The number of carbonyl (C=O) groups excluding carboxylic acids is 2. The monoisotopic (exact) mass is 330 g/mol. The van der Waals surface area contributed by atoms with Crippen LogP contribution in [0, 0.1) is 5.92 Å². The van der Waals surface area contributed by atoms with Gasteiger partial charge in [-0.1, -0.05) is 43.1 Å². The standard InChI is InChI=1S/C15H20Cl2N2O2/c1-4-10(5-2)15(21)19(3)9-13(20)18-14-11(16)7-6-8-12(14)17/h6-8,10H,4-5,9H2,1-3H3,(H,18,20). The zero-order valence-electron chi connectivity index (χ0n) is 12.5. The molecule has 6 heteroatoms. The Labute approximate surface area is 135 Å². The smallest absolute Gasteiger partial charge is 0.244 e. The third-order valence-electron chi connectivity index (χ3n) is 3.32. The fraction of sp³-hybridized carbons (Fsp3) is 0.467. The van der Waals surface area contributed by atoms with Crippen LogP contribution in [0.2, 0.25) is 10.0 Å². The molecule has 0 aliphatic heterocycles. The summed E-state index contributed by atoms with van der Waals surface area (Å²) < 4.78 is 0. The Morgan fingerprint density at radius 1 is 1.19 bits per heavy atom. The van der Waals surface area contributed by atoms with Crippen molar-refractivity contribution in [2.45, 2.75) is 26.7 Å². The van der Waals surface area contributed by atoms with Crippen LogP contribution in [-0.4, -0.2) is 30.3 Å². The van der Waals surface area contributed by atoms with Gasteiger partial charge in [-0.25, -0.2) is 0 Å². The highest BCUT2D eigenvalue weighted by Gasteiger charge is 2.20. The summed E-state index contributed by atoms with van der Waals surface area (Å²) in [6, 6.07) is 4.98. The lowest BCUT2D eigenvalue weighted by atomic mass is 10.0. The quantitative estimate of drug-likeness (QED) is 0.861. The van der Waals surface area contributed by atoms with E-state index in [1.807, 2.05) is 13.8 Å². The van der Waals surface area contributed by atoms with Gasteiger partial charge in [-0.15, -0.1) is 0 Å². The van der Waals surface area contributed by atoms with Crippen molar-refractivity contribution in [1.82, 2.24) is 4.90 Å². The van der Waals surface area contributed by atoms with Gasteiger partial charge in [0.2, 0.25) is 11.8 Å². The van der Waals surface area contributed by atoms with Crippen LogP contribution < -0.4 is 5.32 Å². The third kappa shape index (κ3) is 4.90. The molecule has 0 bridgehead atoms. The Morgan fingerprint density at radius 2 is 1.71 bits per heavy atom. The predicted molar refractivity (Wildman–Crippen MR) is 86.8 cm³/mol. The van der Waals surface area contributed by atoms with Gasteiger partial charge in [0.15, 0.2) is 0 Å². The van der Waals surface area contributed by atoms with Crippen molar-refractivity contribution in [3.63, 3.8) is 0 Å². The molecule has 1 N–H and O–H groups in total. The molecule has 0 fully saturated rings. The van der Waals surface area contributed by atoms with E-state index in [2.05, 4.69) is 5.32 Å². The fourth-order valence-electron chi connectivity index (χ4n) is 2.04. The molecule has 2 amide bonds. The van der Waals surface area contributed by atoms with Gasteiger partial charge >= 0.3 is 0 Å². The van der Waals surface area contributed by atoms with E-state index in [4.69, 9.17) is 23.2 Å². The summed E-state index contributed by atoms with van der Waals surface area (Å²) in [5, 5.41) is 3.37. The van der Waals surface area contributed by atoms with E-state index < -0.39 is 0 Å². The highest BCUT2D eigenvalue weighted by Crippen LogP contribution is 2.29. The summed E-state index contributed by atoms with van der Waals surface area (Å²) in [4.78, 5) is 25.6. The molecule has 0 spiro atoms. The second-order valence-corrected chi connectivity index (χ2v) is 5.67. The van der Waals surface area contributed by atoms with Gasteiger partial charge in [-0.2, -0.15) is 0 Å². The largest absolute Gasteiger partial charge is 0.336 e. The van der Waals surface area contributed by atoms with E-state index >= 15 is 0 Å². The van der Waals surface area contributed by atoms with Crippen LogP contribution in [0.5, 0.6) is 0 Å². The summed E-state index contributed by atoms with van der Waals surface area (Å²) in [5.74, 6) is -0.404. The van der Waals surface area contributed by atoms with E-state index in [-0.39, 0.29) is 24.3 Å². The first-order valence-electron chi connectivity index (χ1n) is 6.89. The summed E-state index contributed by atoms with van der Waals surface area (Å²) in [7, 11) is 1.62. The number of benzene rings is 1. The van der Waals surface area contributed by atoms with Gasteiger partial charge in [0.1, 0.15) is 0 Å². The lowest BCUT2D eigenvalue weighted by molar-refractivity contribution is -0.137. The van der Waals surface area contributed by atoms with Gasteiger partial charge in [-0.3, -0.25) is 9.59 Å². The normalized spacial score (nSPS) is 10.6. The summed E-state index contributed by atoms with van der Waals surface area (Å²) in [5.41, 5.74) is 0.370. The second kappa shape index (κ2) is 8.25. The number of hydrogen-bond acceptors (Lipinski definition) is 2. The highest BCUT2D eigenvalue weighted by molar-refractivity contribution is 6.39. The molecule has 0 saturated heterocycles. The van der Waals surface area contributed by atoms with Crippen LogP contribution in [0.1, 0.15) is 26.7 Å². The van der Waals surface area contributed by atoms with Crippen molar-refractivity contribution in [3.8, 4) is 0 Å². The maximum absolute atomic E-state index is 12.1. The molecule has 0 radical (unpaired) electrons. The summed E-state index contributed by atoms with van der Waals surface area (Å²) in [6.07, 6.45) is 1.52. The maximum Gasteiger partial charge on any atom is 0.244 e. The maximum atomic E-state index is 12.1. The minimum atomic E-state index is -0.327. The second-order valence-electron chi connectivity index (χ2n) is 4.85. The van der Waals surface area contributed by atoms with Crippen LogP contribution in [0.25, 0.3) is 0 Å². The van der Waals surface area contributed by atoms with Gasteiger partial charge in [0.05, 0.1) is 22.3 Å². The van der Waals surface area contributed by atoms with Crippen LogP contribution in [0.15, 0.2) is 18.2 Å². The van der Waals surface area contributed by atoms with Crippen molar-refractivity contribution in [2.24, 2.45) is 5.92 Å². The first kappa shape index (κ1) is 17.8. The van der Waals surface area contributed by atoms with Gasteiger partial charge in [0, 0.05) is 13.0 Å². The zero-order chi connectivity index (χ0) is 16.0. The molecular formula is C15H20Cl2N2O2. The molecule has 0 saturated carbocycles. The van der Waals surface area contributed by atoms with E-state index in [0.717, 1.165) is 12.8 Å². The first-order chi connectivity index (χ1) is 9.90. The molecule has 0 aromatic heterocycles. The number of halogens is 2. The van der Waals surface area contributed by atoms with Crippen LogP contribution in [-0.2, 0) is 9.59 Å². The van der Waals surface area contributed by atoms with Crippen molar-refractivity contribution in [2.75, 3.05) is 18.9 Å². The molecule has 0 unspecified atom stereocenters. The van der Waals surface area contributed by atoms with E-state index in [1.54, 1.807) is 25.2 Å². The summed E-state index contributed by atoms with van der Waals surface area (Å²) >= 11 is 12.0. The van der Waals surface area contributed by atoms with Gasteiger partial charge in [-0.05, 0) is 25.0 Å². The SMILES string of the molecule is CCC(CC)C(=O)N(C)CC(=O)Nc1c(Cl)cccc1Cl. The summed E-state index contributed by atoms with van der Waals surface area (Å²) in [6.45, 7) is 3.89. The van der Waals surface area contributed by atoms with Crippen molar-refractivity contribution < 1.29 is 9.59 Å². The lowest BCUT2D eigenvalue weighted by Crippen LogP contribution is -2.38. The van der Waals surface area contributed by atoms with Crippen molar-refractivity contribution >= 4 is 40.7 Å². The molecule has 4 nitrogen and oxygen atoms in total. The van der Waals surface area contributed by atoms with E-state index in [0.29, 0.717) is 15.7 Å². The molecule has 1 rings (SSSR count). The minimum absolute atomic E-state index is 0.0274. The number of nitrogens with zero attached hydrogens (tertiary/aromatic N) is 1. The Kier molecular flexibility index (Phi) is 6.99. The Hall–Kier alpha value is -1.26. The van der Waals surface area contributed by atoms with Crippen molar-refractivity contribution in [3.05, 3.63) is 28.2 Å². The van der Waals surface area contributed by atoms with E-state index in [1.165, 1.54) is 4.90 Å². The fourth-order valence-corrected chi connectivity index (χ4v) is 2.53. The van der Waals surface area contributed by atoms with Crippen LogP contribution in [0.3, 0.4) is 0 Å². The van der Waals surface area contributed by atoms with Gasteiger partial charge < -0.3 is 10.2 Å². The molecule has 1 aromatic rings. The van der Waals surface area contributed by atoms with Gasteiger partial charge in [0.25, 0.3) is 0 Å². The molecule has 0 aliphatic rings. The number of anilines is 1. The Bertz CT molecular complexity index is 496. The third-order valence-corrected chi connectivity index (χ3v) is 3.95. The number of rotatable bonds is 6. The molecule has 21 heavy (non-hydrogen) atoms. The first-order valence-corrected chi connectivity index (χ1v) is 7.65. The average Bonchev–Trinajstić information content (AvgIpc) is 2.44. The number of nitrogens with one attached hydrogen (secondary N) is 1. The molecule has 0 atom stereocenters. The molecule has 0 aliphatic carbocycles. The minimum Gasteiger partial charge on any atom is -0.336 e. The topological polar surface area (TPSA) is 49.4 Å². The molecule has 0 heterocycles. The van der Waals surface area contributed by atoms with Crippen LogP contribution in [0.4, 0.5) is 5.69 Å². The predicted octanol–water partition coefficient (Wildman–Crippen LogP) is 3.83. The number of likely N-dealkylation sites (N-methyl/N-ethyl adjacent to an activating group) is 1. The van der Waals surface area contributed by atoms with Crippen LogP contribution >= 0.6 is 23.2 Å². The van der Waals surface area contributed by atoms with E-state index in [9.17, 15) is 9.59 Å². The van der Waals surface area contributed by atoms with Crippen molar-refractivity contribution in [1.29, 1.82) is 0 Å². The molecule has 1 aromatic carbocycles. The number of para-hydroxylation sites is 1. The average molecular weight is 331 g/mol. The number of amides is 2. The Morgan fingerprint density at radius 3 is 2.19 bits per heavy atom. The highest BCUT2D eigenvalue weighted by atomic mass is 35.5. The lowest BCUT2D eigenvalue weighted by Gasteiger charge is -2.22. The molecular weight excluding hydrogens is 311 g/mol.